The third-order valence-electron chi connectivity index (χ3n) is 4.88. The number of hydrogen-bond acceptors (Lipinski definition) is 6. The van der Waals surface area contributed by atoms with Gasteiger partial charge in [-0.05, 0) is 50.1 Å². The predicted octanol–water partition coefficient (Wildman–Crippen LogP) is 3.44. The zero-order valence-corrected chi connectivity index (χ0v) is 15.5. The standard InChI is InChI=1S/C19H22N4O2S/c1-12-19(24)21-16-5-6-17(20-13-3-2-4-15(26)11-13)22-18(16)23(12)14-7-9-25-10-8-14/h2-6,11-12,14,26H,7-10H2,1H3,(H,20,22)(H,21,24)/t12-/m1/s1. The quantitative estimate of drug-likeness (QED) is 0.722. The molecule has 1 fully saturated rings. The average molecular weight is 370 g/mol. The zero-order valence-electron chi connectivity index (χ0n) is 14.6. The van der Waals surface area contributed by atoms with Gasteiger partial charge in [-0.15, -0.1) is 12.6 Å². The van der Waals surface area contributed by atoms with Crippen LogP contribution in [-0.2, 0) is 9.53 Å². The maximum Gasteiger partial charge on any atom is 0.246 e. The number of nitrogens with one attached hydrogen (secondary N) is 2. The van der Waals surface area contributed by atoms with Crippen LogP contribution in [0.3, 0.4) is 0 Å². The van der Waals surface area contributed by atoms with Gasteiger partial charge >= 0.3 is 0 Å². The van der Waals surface area contributed by atoms with E-state index < -0.39 is 0 Å². The number of benzene rings is 1. The maximum absolute atomic E-state index is 12.4. The summed E-state index contributed by atoms with van der Waals surface area (Å²) >= 11 is 4.38. The van der Waals surface area contributed by atoms with Crippen LogP contribution in [0.15, 0.2) is 41.3 Å². The molecule has 1 atom stereocenters. The smallest absolute Gasteiger partial charge is 0.246 e. The molecular weight excluding hydrogens is 348 g/mol. The minimum atomic E-state index is -0.255. The Morgan fingerprint density at radius 1 is 1.27 bits per heavy atom. The lowest BCUT2D eigenvalue weighted by atomic mass is 10.0. The zero-order chi connectivity index (χ0) is 18.1. The van der Waals surface area contributed by atoms with Crippen LogP contribution in [-0.4, -0.2) is 36.2 Å². The molecule has 0 radical (unpaired) electrons. The fraction of sp³-hybridized carbons (Fsp3) is 0.368. The molecule has 2 aromatic rings. The lowest BCUT2D eigenvalue weighted by molar-refractivity contribution is -0.117. The number of rotatable bonds is 3. The molecule has 0 aliphatic carbocycles. The summed E-state index contributed by atoms with van der Waals surface area (Å²) in [6.45, 7) is 3.37. The van der Waals surface area contributed by atoms with Crippen LogP contribution < -0.4 is 15.5 Å². The van der Waals surface area contributed by atoms with Gasteiger partial charge in [-0.3, -0.25) is 4.79 Å². The van der Waals surface area contributed by atoms with Crippen molar-refractivity contribution < 1.29 is 9.53 Å². The van der Waals surface area contributed by atoms with E-state index in [0.29, 0.717) is 0 Å². The van der Waals surface area contributed by atoms with Crippen LogP contribution >= 0.6 is 12.6 Å². The number of fused-ring (bicyclic) bond motifs is 1. The van der Waals surface area contributed by atoms with Crippen LogP contribution in [0.25, 0.3) is 0 Å². The molecule has 1 amide bonds. The molecule has 2 aliphatic heterocycles. The minimum absolute atomic E-state index is 0.00859. The maximum atomic E-state index is 12.4. The van der Waals surface area contributed by atoms with E-state index in [1.807, 2.05) is 43.3 Å². The van der Waals surface area contributed by atoms with Gasteiger partial charge in [0.15, 0.2) is 5.82 Å². The molecule has 1 aromatic heterocycles. The van der Waals surface area contributed by atoms with Gasteiger partial charge in [0.2, 0.25) is 5.91 Å². The summed E-state index contributed by atoms with van der Waals surface area (Å²) in [5.74, 6) is 1.56. The van der Waals surface area contributed by atoms with E-state index in [-0.39, 0.29) is 18.0 Å². The van der Waals surface area contributed by atoms with Gasteiger partial charge in [0.1, 0.15) is 11.9 Å². The van der Waals surface area contributed by atoms with E-state index in [9.17, 15) is 4.79 Å². The van der Waals surface area contributed by atoms with Gasteiger partial charge in [0.25, 0.3) is 0 Å². The number of nitrogens with zero attached hydrogens (tertiary/aromatic N) is 2. The molecule has 7 heteroatoms. The first-order chi connectivity index (χ1) is 12.6. The van der Waals surface area contributed by atoms with Crippen molar-refractivity contribution in [1.82, 2.24) is 4.98 Å². The van der Waals surface area contributed by atoms with E-state index >= 15 is 0 Å². The number of amides is 1. The molecule has 0 bridgehead atoms. The summed E-state index contributed by atoms with van der Waals surface area (Å²) in [6, 6.07) is 11.6. The second kappa shape index (κ2) is 7.17. The van der Waals surface area contributed by atoms with E-state index in [1.165, 1.54) is 0 Å². The molecule has 3 heterocycles. The molecule has 2 aliphatic rings. The average Bonchev–Trinajstić information content (AvgIpc) is 2.64. The molecular formula is C19H22N4O2S. The van der Waals surface area contributed by atoms with Crippen molar-refractivity contribution in [1.29, 1.82) is 0 Å². The van der Waals surface area contributed by atoms with E-state index in [0.717, 1.165) is 54.0 Å². The third kappa shape index (κ3) is 3.37. The lowest BCUT2D eigenvalue weighted by Crippen LogP contribution is -2.53. The largest absolute Gasteiger partial charge is 0.381 e. The number of anilines is 4. The fourth-order valence-electron chi connectivity index (χ4n) is 3.54. The Labute approximate surface area is 158 Å². The molecule has 1 saturated heterocycles. The third-order valence-corrected chi connectivity index (χ3v) is 5.16. The highest BCUT2D eigenvalue weighted by Gasteiger charge is 2.36. The van der Waals surface area contributed by atoms with E-state index in [2.05, 4.69) is 28.2 Å². The second-order valence-corrected chi connectivity index (χ2v) is 7.18. The van der Waals surface area contributed by atoms with E-state index in [4.69, 9.17) is 9.72 Å². The Bertz CT molecular complexity index is 823. The van der Waals surface area contributed by atoms with Gasteiger partial charge in [-0.1, -0.05) is 6.07 Å². The van der Waals surface area contributed by atoms with Crippen molar-refractivity contribution >= 4 is 41.5 Å². The number of carbonyl (C=O) groups is 1. The highest BCUT2D eigenvalue weighted by atomic mass is 32.1. The number of aromatic nitrogens is 1. The van der Waals surface area contributed by atoms with Gasteiger partial charge in [-0.2, -0.15) is 0 Å². The van der Waals surface area contributed by atoms with Crippen molar-refractivity contribution in [2.24, 2.45) is 0 Å². The van der Waals surface area contributed by atoms with Gasteiger partial charge in [0.05, 0.1) is 5.69 Å². The highest BCUT2D eigenvalue weighted by Crippen LogP contribution is 2.35. The topological polar surface area (TPSA) is 66.5 Å². The lowest BCUT2D eigenvalue weighted by Gasteiger charge is -2.42. The Kier molecular flexibility index (Phi) is 4.74. The summed E-state index contributed by atoms with van der Waals surface area (Å²) in [4.78, 5) is 20.2. The van der Waals surface area contributed by atoms with Crippen LogP contribution in [0.5, 0.6) is 0 Å². The molecule has 0 unspecified atom stereocenters. The first kappa shape index (κ1) is 17.2. The number of ether oxygens (including phenoxy) is 1. The first-order valence-corrected chi connectivity index (χ1v) is 9.30. The number of thiol groups is 1. The summed E-state index contributed by atoms with van der Waals surface area (Å²) in [6.07, 6.45) is 1.80. The van der Waals surface area contributed by atoms with E-state index in [1.54, 1.807) is 0 Å². The van der Waals surface area contributed by atoms with Gasteiger partial charge < -0.3 is 20.3 Å². The monoisotopic (exact) mass is 370 g/mol. The molecule has 1 aromatic carbocycles. The molecule has 136 valence electrons. The van der Waals surface area contributed by atoms with Gasteiger partial charge in [0, 0.05) is 29.8 Å². The molecule has 26 heavy (non-hydrogen) atoms. The van der Waals surface area contributed by atoms with Crippen molar-refractivity contribution in [3.05, 3.63) is 36.4 Å². The summed E-state index contributed by atoms with van der Waals surface area (Å²) < 4.78 is 5.49. The number of carbonyl (C=O) groups excluding carboxylic acids is 1. The summed E-state index contributed by atoms with van der Waals surface area (Å²) in [7, 11) is 0. The molecule has 0 spiro atoms. The Hall–Kier alpha value is -2.25. The van der Waals surface area contributed by atoms with Crippen LogP contribution in [0.1, 0.15) is 19.8 Å². The SMILES string of the molecule is C[C@@H]1C(=O)Nc2ccc(Nc3cccc(S)c3)nc2N1C1CCOCC1. The van der Waals surface area contributed by atoms with Crippen LogP contribution in [0.4, 0.5) is 23.0 Å². The second-order valence-electron chi connectivity index (χ2n) is 6.66. The summed E-state index contributed by atoms with van der Waals surface area (Å²) in [5.41, 5.74) is 1.68. The van der Waals surface area contributed by atoms with Crippen molar-refractivity contribution in [2.75, 3.05) is 28.7 Å². The fourth-order valence-corrected chi connectivity index (χ4v) is 3.77. The van der Waals surface area contributed by atoms with Crippen LogP contribution in [0, 0.1) is 0 Å². The Balaban J connectivity index is 1.67. The Morgan fingerprint density at radius 3 is 2.85 bits per heavy atom. The highest BCUT2D eigenvalue weighted by molar-refractivity contribution is 7.80. The Morgan fingerprint density at radius 2 is 2.08 bits per heavy atom. The van der Waals surface area contributed by atoms with Crippen molar-refractivity contribution in [2.45, 2.75) is 36.7 Å². The van der Waals surface area contributed by atoms with Crippen molar-refractivity contribution in [3.63, 3.8) is 0 Å². The molecule has 2 N–H and O–H groups in total. The number of pyridine rings is 1. The normalized spacial score (nSPS) is 20.5. The molecule has 0 saturated carbocycles. The van der Waals surface area contributed by atoms with Crippen molar-refractivity contribution in [3.8, 4) is 0 Å². The first-order valence-electron chi connectivity index (χ1n) is 8.86. The molecule has 6 nitrogen and oxygen atoms in total. The minimum Gasteiger partial charge on any atom is -0.381 e. The number of hydrogen-bond donors (Lipinski definition) is 3. The van der Waals surface area contributed by atoms with Gasteiger partial charge in [-0.25, -0.2) is 4.98 Å². The molecule has 4 rings (SSSR count). The van der Waals surface area contributed by atoms with Crippen LogP contribution in [0.2, 0.25) is 0 Å². The predicted molar refractivity (Wildman–Crippen MR) is 106 cm³/mol. The summed E-state index contributed by atoms with van der Waals surface area (Å²) in [5, 5.41) is 6.28.